The van der Waals surface area contributed by atoms with Crippen molar-refractivity contribution in [3.63, 3.8) is 0 Å². The predicted molar refractivity (Wildman–Crippen MR) is 113 cm³/mol. The van der Waals surface area contributed by atoms with Crippen LogP contribution in [0.4, 0.5) is 0 Å². The van der Waals surface area contributed by atoms with Gasteiger partial charge in [-0.05, 0) is 38.2 Å². The molecule has 0 radical (unpaired) electrons. The average molecular weight is 377 g/mol. The molecular weight excluding hydrogens is 336 g/mol. The van der Waals surface area contributed by atoms with Crippen molar-refractivity contribution in [3.05, 3.63) is 35.9 Å². The van der Waals surface area contributed by atoms with Crippen molar-refractivity contribution in [2.45, 2.75) is 103 Å². The van der Waals surface area contributed by atoms with E-state index in [-0.39, 0.29) is 0 Å². The van der Waals surface area contributed by atoms with E-state index in [2.05, 4.69) is 30.3 Å². The minimum Gasteiger partial charge on any atom is -0.481 e. The summed E-state index contributed by atoms with van der Waals surface area (Å²) in [4.78, 5) is 10.9. The Labute approximate surface area is 166 Å². The monoisotopic (exact) mass is 376 g/mol. The highest BCUT2D eigenvalue weighted by Crippen LogP contribution is 2.23. The van der Waals surface area contributed by atoms with Gasteiger partial charge in [-0.2, -0.15) is 0 Å². The van der Waals surface area contributed by atoms with Crippen molar-refractivity contribution < 1.29 is 15.0 Å². The van der Waals surface area contributed by atoms with E-state index in [0.717, 1.165) is 12.8 Å². The van der Waals surface area contributed by atoms with Crippen LogP contribution in [-0.2, 0) is 11.2 Å². The maximum atomic E-state index is 10.9. The lowest BCUT2D eigenvalue weighted by molar-refractivity contribution is -0.143. The first-order chi connectivity index (χ1) is 12.9. The van der Waals surface area contributed by atoms with Crippen LogP contribution in [-0.4, -0.2) is 21.8 Å². The van der Waals surface area contributed by atoms with E-state index in [1.807, 2.05) is 0 Å². The van der Waals surface area contributed by atoms with Crippen molar-refractivity contribution in [3.8, 4) is 0 Å². The van der Waals surface area contributed by atoms with Crippen molar-refractivity contribution in [2.24, 2.45) is 5.92 Å². The molecule has 0 aromatic heterocycles. The summed E-state index contributed by atoms with van der Waals surface area (Å²) in [6.07, 6.45) is 14.8. The number of aliphatic carboxylic acids is 1. The van der Waals surface area contributed by atoms with Gasteiger partial charge in [0.25, 0.3) is 0 Å². The lowest BCUT2D eigenvalue weighted by Crippen LogP contribution is -2.29. The third-order valence-electron chi connectivity index (χ3n) is 5.44. The second-order valence-electron chi connectivity index (χ2n) is 8.46. The smallest absolute Gasteiger partial charge is 0.306 e. The molecule has 2 atom stereocenters. The minimum absolute atomic E-state index is 0.340. The number of carbonyl (C=O) groups is 1. The summed E-state index contributed by atoms with van der Waals surface area (Å²) in [6, 6.07) is 10.7. The van der Waals surface area contributed by atoms with Crippen LogP contribution in [0.2, 0.25) is 0 Å². The van der Waals surface area contributed by atoms with Crippen molar-refractivity contribution >= 4 is 5.97 Å². The van der Waals surface area contributed by atoms with E-state index in [0.29, 0.717) is 12.8 Å². The van der Waals surface area contributed by atoms with Crippen LogP contribution >= 0.6 is 0 Å². The van der Waals surface area contributed by atoms with Crippen molar-refractivity contribution in [1.29, 1.82) is 0 Å². The molecule has 0 saturated heterocycles. The van der Waals surface area contributed by atoms with Gasteiger partial charge in [-0.1, -0.05) is 95.0 Å². The molecule has 1 aromatic carbocycles. The predicted octanol–water partition coefficient (Wildman–Crippen LogP) is 6.38. The molecule has 0 aliphatic heterocycles. The summed E-state index contributed by atoms with van der Waals surface area (Å²) >= 11 is 0. The number of hydrogen-bond acceptors (Lipinski definition) is 2. The fourth-order valence-electron chi connectivity index (χ4n) is 3.74. The standard InChI is InChI=1S/C24H40O3/c1-21(23(25)26)20-24(2,27)19-15-10-8-6-4-3-5-7-9-12-16-22-17-13-11-14-18-22/h11,13-14,17-18,21,27H,3-10,12,15-16,19-20H2,1-2H3,(H,25,26)/t21-,24-/m1/s1. The summed E-state index contributed by atoms with van der Waals surface area (Å²) < 4.78 is 0. The summed E-state index contributed by atoms with van der Waals surface area (Å²) in [5.41, 5.74) is 0.603. The zero-order chi connectivity index (χ0) is 20.0. The Kier molecular flexibility index (Phi) is 12.1. The number of rotatable bonds is 16. The molecule has 0 aliphatic rings. The quantitative estimate of drug-likeness (QED) is 0.329. The van der Waals surface area contributed by atoms with Crippen LogP contribution in [0.5, 0.6) is 0 Å². The largest absolute Gasteiger partial charge is 0.481 e. The molecule has 0 spiro atoms. The molecule has 0 heterocycles. The Morgan fingerprint density at radius 3 is 1.89 bits per heavy atom. The van der Waals surface area contributed by atoms with E-state index in [9.17, 15) is 9.90 Å². The molecular formula is C24H40O3. The molecule has 0 aliphatic carbocycles. The molecule has 27 heavy (non-hydrogen) atoms. The fourth-order valence-corrected chi connectivity index (χ4v) is 3.74. The van der Waals surface area contributed by atoms with Crippen LogP contribution in [0, 0.1) is 5.92 Å². The van der Waals surface area contributed by atoms with Gasteiger partial charge in [-0.15, -0.1) is 0 Å². The fraction of sp³-hybridized carbons (Fsp3) is 0.708. The Hall–Kier alpha value is -1.35. The SMILES string of the molecule is C[C@H](C[C@](C)(O)CCCCCCCCCCCCc1ccccc1)C(=O)O. The van der Waals surface area contributed by atoms with Gasteiger partial charge in [0.15, 0.2) is 0 Å². The normalized spacial score (nSPS) is 14.6. The highest BCUT2D eigenvalue weighted by molar-refractivity contribution is 5.69. The summed E-state index contributed by atoms with van der Waals surface area (Å²) in [6.45, 7) is 3.43. The van der Waals surface area contributed by atoms with Gasteiger partial charge in [0, 0.05) is 0 Å². The first kappa shape index (κ1) is 23.7. The first-order valence-electron chi connectivity index (χ1n) is 10.9. The molecule has 0 amide bonds. The second kappa shape index (κ2) is 13.8. The Morgan fingerprint density at radius 2 is 1.37 bits per heavy atom. The molecule has 0 bridgehead atoms. The van der Waals surface area contributed by atoms with Gasteiger partial charge < -0.3 is 10.2 Å². The molecule has 3 nitrogen and oxygen atoms in total. The van der Waals surface area contributed by atoms with Crippen molar-refractivity contribution in [1.82, 2.24) is 0 Å². The number of hydrogen-bond donors (Lipinski definition) is 2. The Morgan fingerprint density at radius 1 is 0.889 bits per heavy atom. The highest BCUT2D eigenvalue weighted by atomic mass is 16.4. The molecule has 1 rings (SSSR count). The lowest BCUT2D eigenvalue weighted by atomic mass is 9.88. The first-order valence-corrected chi connectivity index (χ1v) is 10.9. The number of aryl methyl sites for hydroxylation is 1. The van der Waals surface area contributed by atoms with E-state index < -0.39 is 17.5 Å². The van der Waals surface area contributed by atoms with Gasteiger partial charge >= 0.3 is 5.97 Å². The van der Waals surface area contributed by atoms with Gasteiger partial charge in [0.05, 0.1) is 11.5 Å². The van der Waals surface area contributed by atoms with E-state index in [4.69, 9.17) is 5.11 Å². The Bertz CT molecular complexity index is 496. The van der Waals surface area contributed by atoms with Gasteiger partial charge in [-0.3, -0.25) is 4.79 Å². The molecule has 2 N–H and O–H groups in total. The summed E-state index contributed by atoms with van der Waals surface area (Å²) in [5.74, 6) is -1.30. The third kappa shape index (κ3) is 12.6. The van der Waals surface area contributed by atoms with Crippen LogP contribution in [0.25, 0.3) is 0 Å². The van der Waals surface area contributed by atoms with Gasteiger partial charge in [0.2, 0.25) is 0 Å². The van der Waals surface area contributed by atoms with Gasteiger partial charge in [0.1, 0.15) is 0 Å². The molecule has 0 unspecified atom stereocenters. The molecule has 3 heteroatoms. The van der Waals surface area contributed by atoms with E-state index in [1.54, 1.807) is 13.8 Å². The molecule has 1 aromatic rings. The number of aliphatic hydroxyl groups is 1. The zero-order valence-corrected chi connectivity index (χ0v) is 17.5. The third-order valence-corrected chi connectivity index (χ3v) is 5.44. The van der Waals surface area contributed by atoms with Crippen LogP contribution < -0.4 is 0 Å². The minimum atomic E-state index is -0.850. The number of benzene rings is 1. The maximum absolute atomic E-state index is 10.9. The van der Waals surface area contributed by atoms with Crippen LogP contribution in [0.1, 0.15) is 96.5 Å². The molecule has 0 saturated carbocycles. The van der Waals surface area contributed by atoms with Crippen molar-refractivity contribution in [2.75, 3.05) is 0 Å². The van der Waals surface area contributed by atoms with Gasteiger partial charge in [-0.25, -0.2) is 0 Å². The topological polar surface area (TPSA) is 57.5 Å². The molecule has 154 valence electrons. The number of unbranched alkanes of at least 4 members (excludes halogenated alkanes) is 9. The summed E-state index contributed by atoms with van der Waals surface area (Å²) in [7, 11) is 0. The number of carboxylic acids is 1. The highest BCUT2D eigenvalue weighted by Gasteiger charge is 2.26. The van der Waals surface area contributed by atoms with E-state index in [1.165, 1.54) is 63.4 Å². The second-order valence-corrected chi connectivity index (χ2v) is 8.46. The zero-order valence-electron chi connectivity index (χ0n) is 17.5. The molecule has 0 fully saturated rings. The average Bonchev–Trinajstić information content (AvgIpc) is 2.63. The lowest BCUT2D eigenvalue weighted by Gasteiger charge is -2.25. The maximum Gasteiger partial charge on any atom is 0.306 e. The summed E-state index contributed by atoms with van der Waals surface area (Å²) in [5, 5.41) is 19.2. The van der Waals surface area contributed by atoms with Crippen LogP contribution in [0.3, 0.4) is 0 Å². The van der Waals surface area contributed by atoms with E-state index >= 15 is 0 Å². The number of carboxylic acid groups (broad SMARTS) is 1. The van der Waals surface area contributed by atoms with Crippen LogP contribution in [0.15, 0.2) is 30.3 Å². The Balaban J connectivity index is 1.88.